The number of likely N-dealkylation sites (N-methyl/N-ethyl adjacent to an activating group) is 1. The number of esters is 1. The molecule has 5 atom stereocenters. The lowest BCUT2D eigenvalue weighted by Crippen LogP contribution is -2.61. The van der Waals surface area contributed by atoms with Crippen LogP contribution in [0.3, 0.4) is 0 Å². The van der Waals surface area contributed by atoms with Crippen molar-refractivity contribution in [3.63, 3.8) is 0 Å². The summed E-state index contributed by atoms with van der Waals surface area (Å²) in [7, 11) is 1.98. The Morgan fingerprint density at radius 2 is 1.53 bits per heavy atom. The highest BCUT2D eigenvalue weighted by atomic mass is 32.2. The number of hydrogen-bond donors (Lipinski definition) is 1. The van der Waals surface area contributed by atoms with Crippen molar-refractivity contribution < 1.29 is 43.6 Å². The van der Waals surface area contributed by atoms with Gasteiger partial charge in [-0.2, -0.15) is 0 Å². The highest BCUT2D eigenvalue weighted by Crippen LogP contribution is 2.49. The lowest BCUT2D eigenvalue weighted by Gasteiger charge is -2.44. The number of aliphatic hydroxyl groups is 1. The fourth-order valence-electron chi connectivity index (χ4n) is 7.20. The number of carbonyl (C=O) groups excluding carboxylic acids is 4. The van der Waals surface area contributed by atoms with E-state index >= 15 is 0 Å². The second-order valence-electron chi connectivity index (χ2n) is 13.6. The summed E-state index contributed by atoms with van der Waals surface area (Å²) in [5.41, 5.74) is 0.861. The van der Waals surface area contributed by atoms with Crippen molar-refractivity contribution in [2.75, 3.05) is 39.8 Å². The number of rotatable bonds is 11. The molecule has 3 amide bonds. The Labute approximate surface area is 308 Å². The molecule has 0 aliphatic carbocycles. The number of carbonyl (C=O) groups is 4. The first-order chi connectivity index (χ1) is 25.3. The number of benzene rings is 2. The summed E-state index contributed by atoms with van der Waals surface area (Å²) in [6.45, 7) is 3.76. The number of aliphatic hydroxyl groups excluding tert-OH is 1. The molecule has 3 saturated heterocycles. The van der Waals surface area contributed by atoms with Crippen LogP contribution < -0.4 is 0 Å². The average molecular weight is 753 g/mol. The highest BCUT2D eigenvalue weighted by Gasteiger charge is 2.57. The topological polar surface area (TPSA) is 206 Å². The second-order valence-corrected chi connectivity index (χ2v) is 15.0. The molecule has 4 aliphatic rings. The molecule has 0 radical (unpaired) electrons. The quantitative estimate of drug-likeness (QED) is 0.152. The number of ether oxygens (including phenoxy) is 2. The van der Waals surface area contributed by atoms with E-state index in [-0.39, 0.29) is 60.8 Å². The minimum atomic E-state index is -0.951. The average Bonchev–Trinajstić information content (AvgIpc) is 3.61. The normalized spacial score (nSPS) is 23.6. The van der Waals surface area contributed by atoms with E-state index in [0.29, 0.717) is 35.7 Å². The molecular weight excluding hydrogens is 712 g/mol. The van der Waals surface area contributed by atoms with Crippen molar-refractivity contribution in [3.8, 4) is 0 Å². The molecule has 17 nitrogen and oxygen atoms in total. The predicted octanol–water partition coefficient (Wildman–Crippen LogP) is 3.05. The van der Waals surface area contributed by atoms with Gasteiger partial charge in [-0.3, -0.25) is 34.7 Å². The van der Waals surface area contributed by atoms with E-state index in [2.05, 4.69) is 4.90 Å². The van der Waals surface area contributed by atoms with Crippen LogP contribution in [0.15, 0.2) is 59.1 Å². The number of nitrogens with zero attached hydrogens (tertiary/aromatic N) is 6. The highest BCUT2D eigenvalue weighted by molar-refractivity contribution is 8.03. The first-order valence-corrected chi connectivity index (χ1v) is 18.2. The number of hydrogen-bond acceptors (Lipinski definition) is 13. The van der Waals surface area contributed by atoms with Gasteiger partial charge < -0.3 is 29.3 Å². The first-order valence-electron chi connectivity index (χ1n) is 17.3. The first kappa shape index (κ1) is 37.7. The molecule has 282 valence electrons. The van der Waals surface area contributed by atoms with Crippen molar-refractivity contribution in [1.29, 1.82) is 0 Å². The molecule has 0 unspecified atom stereocenters. The number of nitro benzene ring substituents is 2. The van der Waals surface area contributed by atoms with E-state index in [1.54, 1.807) is 4.90 Å². The van der Waals surface area contributed by atoms with Gasteiger partial charge >= 0.3 is 12.1 Å². The number of fused-ring (bicyclic) bond motifs is 1. The molecule has 4 heterocycles. The van der Waals surface area contributed by atoms with Crippen molar-refractivity contribution in [3.05, 3.63) is 90.5 Å². The fourth-order valence-corrected chi connectivity index (χ4v) is 8.67. The van der Waals surface area contributed by atoms with Gasteiger partial charge in [0.2, 0.25) is 11.8 Å². The Balaban J connectivity index is 1.21. The van der Waals surface area contributed by atoms with Crippen LogP contribution in [0.2, 0.25) is 0 Å². The number of thioether (sulfide) groups is 1. The predicted molar refractivity (Wildman–Crippen MR) is 189 cm³/mol. The number of non-ortho nitro benzene ring substituents is 2. The molecule has 2 aromatic rings. The second kappa shape index (κ2) is 15.9. The molecule has 18 heteroatoms. The third-order valence-corrected chi connectivity index (χ3v) is 11.3. The summed E-state index contributed by atoms with van der Waals surface area (Å²) in [5, 5.41) is 32.1. The Kier molecular flexibility index (Phi) is 11.3. The molecular formula is C35H40N6O11S. The van der Waals surface area contributed by atoms with Crippen molar-refractivity contribution >= 4 is 47.0 Å². The number of nitro groups is 2. The Morgan fingerprint density at radius 1 is 0.925 bits per heavy atom. The van der Waals surface area contributed by atoms with Crippen LogP contribution in [0.1, 0.15) is 37.3 Å². The van der Waals surface area contributed by atoms with Gasteiger partial charge in [-0.25, -0.2) is 9.59 Å². The minimum Gasteiger partial charge on any atom is -0.456 e. The van der Waals surface area contributed by atoms with Gasteiger partial charge in [-0.1, -0.05) is 0 Å². The molecule has 0 spiro atoms. The molecule has 53 heavy (non-hydrogen) atoms. The maximum absolute atomic E-state index is 14.0. The van der Waals surface area contributed by atoms with Gasteiger partial charge in [0.15, 0.2) is 0 Å². The fraction of sp³-hybridized carbons (Fsp3) is 0.486. The molecule has 0 bridgehead atoms. The summed E-state index contributed by atoms with van der Waals surface area (Å²) in [6.07, 6.45) is -0.395. The van der Waals surface area contributed by atoms with E-state index in [9.17, 15) is 44.5 Å². The van der Waals surface area contributed by atoms with Gasteiger partial charge in [0.1, 0.15) is 25.0 Å². The van der Waals surface area contributed by atoms with Crippen LogP contribution in [0.4, 0.5) is 16.2 Å². The van der Waals surface area contributed by atoms with Gasteiger partial charge in [-0.15, -0.1) is 11.8 Å². The van der Waals surface area contributed by atoms with Crippen molar-refractivity contribution in [2.24, 2.45) is 5.92 Å². The smallest absolute Gasteiger partial charge is 0.410 e. The standard InChI is InChI=1S/C35H40N6O11S/c1-21(42)30-27-17-29(31(39(27)33(30)44)34(45)51-19-22-4-8-24(9-5-22)40(47)48)53-26-16-28(32(43)37-13-3-12-36(2)14-15-37)38(18-26)35(46)52-20-23-6-10-25(11-7-23)41(49)50/h4-11,21,26-28,30,42H,3,12-20H2,1-2H3/t21-,26+,27-,28+,30-/m1/s1. The van der Waals surface area contributed by atoms with Gasteiger partial charge in [0, 0.05) is 67.0 Å². The largest absolute Gasteiger partial charge is 0.456 e. The molecule has 0 aromatic heterocycles. The summed E-state index contributed by atoms with van der Waals surface area (Å²) in [4.78, 5) is 82.7. The van der Waals surface area contributed by atoms with Crippen molar-refractivity contribution in [1.82, 2.24) is 19.6 Å². The Hall–Kier alpha value is -5.07. The molecule has 4 aliphatic heterocycles. The number of likely N-dealkylation sites (tertiary alicyclic amines) is 1. The maximum Gasteiger partial charge on any atom is 0.410 e. The van der Waals surface area contributed by atoms with E-state index in [1.807, 2.05) is 7.05 Å². The van der Waals surface area contributed by atoms with Gasteiger partial charge in [-0.05, 0) is 68.8 Å². The van der Waals surface area contributed by atoms with Crippen LogP contribution in [0, 0.1) is 26.1 Å². The van der Waals surface area contributed by atoms with Crippen LogP contribution in [0.25, 0.3) is 0 Å². The van der Waals surface area contributed by atoms with Crippen LogP contribution in [-0.4, -0.2) is 122 Å². The summed E-state index contributed by atoms with van der Waals surface area (Å²) < 4.78 is 11.2. The van der Waals surface area contributed by atoms with E-state index < -0.39 is 51.9 Å². The van der Waals surface area contributed by atoms with Gasteiger partial charge in [0.25, 0.3) is 11.4 Å². The number of amides is 3. The molecule has 6 rings (SSSR count). The van der Waals surface area contributed by atoms with Crippen molar-refractivity contribution in [2.45, 2.75) is 62.8 Å². The SMILES string of the molecule is C[C@@H](O)[C@H]1C(=O)N2C(C(=O)OCc3ccc([N+](=O)[O-])cc3)=C(S[C@H]3C[C@@H](C(=O)N4CCCN(C)CC4)N(C(=O)OCc4ccc([N+](=O)[O-])cc4)C3)C[C@H]12. The zero-order valence-electron chi connectivity index (χ0n) is 29.2. The Morgan fingerprint density at radius 3 is 2.11 bits per heavy atom. The van der Waals surface area contributed by atoms with E-state index in [1.165, 1.54) is 77.0 Å². The lowest BCUT2D eigenvalue weighted by molar-refractivity contribution is -0.385. The zero-order chi connectivity index (χ0) is 38.0. The van der Waals surface area contributed by atoms with E-state index in [0.717, 1.165) is 13.0 Å². The molecule has 0 saturated carbocycles. The summed E-state index contributed by atoms with van der Waals surface area (Å²) in [5.74, 6) is -2.11. The molecule has 2 aromatic carbocycles. The lowest BCUT2D eigenvalue weighted by atomic mass is 9.83. The monoisotopic (exact) mass is 752 g/mol. The molecule has 1 N–H and O–H groups in total. The third kappa shape index (κ3) is 8.13. The minimum absolute atomic E-state index is 0.0430. The van der Waals surface area contributed by atoms with Gasteiger partial charge in [0.05, 0.1) is 27.9 Å². The summed E-state index contributed by atoms with van der Waals surface area (Å²) in [6, 6.07) is 9.82. The zero-order valence-corrected chi connectivity index (χ0v) is 30.0. The Bertz CT molecular complexity index is 1800. The summed E-state index contributed by atoms with van der Waals surface area (Å²) >= 11 is 1.29. The van der Waals surface area contributed by atoms with Crippen LogP contribution in [0.5, 0.6) is 0 Å². The van der Waals surface area contributed by atoms with Crippen LogP contribution in [-0.2, 0) is 37.1 Å². The maximum atomic E-state index is 14.0. The van der Waals surface area contributed by atoms with Crippen LogP contribution >= 0.6 is 11.8 Å². The van der Waals surface area contributed by atoms with E-state index in [4.69, 9.17) is 9.47 Å². The number of β-lactam (4-membered cyclic amide) rings is 1. The third-order valence-electron chi connectivity index (χ3n) is 10.0. The molecule has 3 fully saturated rings.